The number of nitrogens with two attached hydrogens (primary N) is 1. The summed E-state index contributed by atoms with van der Waals surface area (Å²) in [4.78, 5) is 11.4. The zero-order valence-electron chi connectivity index (χ0n) is 21.9. The normalized spacial score (nSPS) is 11.7. The highest BCUT2D eigenvalue weighted by Gasteiger charge is 2.15. The molecule has 0 saturated heterocycles. The number of nitrogens with one attached hydrogen (secondary N) is 1. The first kappa shape index (κ1) is 33.9. The number of ether oxygens (including phenoxy) is 9. The van der Waals surface area contributed by atoms with Gasteiger partial charge >= 0.3 is 6.09 Å². The fourth-order valence-electron chi connectivity index (χ4n) is 2.26. The lowest BCUT2D eigenvalue weighted by molar-refractivity contribution is -0.0229. The molecule has 3 N–H and O–H groups in total. The Balaban J connectivity index is 3.09. The van der Waals surface area contributed by atoms with Crippen LogP contribution in [0.1, 0.15) is 20.8 Å². The molecule has 0 atom stereocenters. The third kappa shape index (κ3) is 30.9. The Hall–Kier alpha value is -1.09. The van der Waals surface area contributed by atoms with E-state index < -0.39 is 11.7 Å². The number of carbonyl (C=O) groups excluding carboxylic acids is 1. The summed E-state index contributed by atoms with van der Waals surface area (Å²) in [5, 5.41) is 2.62. The van der Waals surface area contributed by atoms with Crippen LogP contribution in [0.5, 0.6) is 0 Å². The highest BCUT2D eigenvalue weighted by atomic mass is 16.6. The number of amides is 1. The Labute approximate surface area is 210 Å². The first-order valence-electron chi connectivity index (χ1n) is 12.2. The fourth-order valence-corrected chi connectivity index (χ4v) is 2.26. The molecule has 0 saturated carbocycles. The second-order valence-corrected chi connectivity index (χ2v) is 8.12. The third-order valence-electron chi connectivity index (χ3n) is 3.78. The molecule has 1 amide bonds. The molecule has 0 aliphatic carbocycles. The topological polar surface area (TPSA) is 138 Å². The van der Waals surface area contributed by atoms with Crippen molar-refractivity contribution in [2.75, 3.05) is 119 Å². The lowest BCUT2D eigenvalue weighted by atomic mass is 10.2. The lowest BCUT2D eigenvalue weighted by Crippen LogP contribution is -2.34. The Kier molecular flexibility index (Phi) is 25.2. The van der Waals surface area contributed by atoms with E-state index in [0.29, 0.717) is 119 Å². The summed E-state index contributed by atoms with van der Waals surface area (Å²) in [5.41, 5.74) is 4.81. The summed E-state index contributed by atoms with van der Waals surface area (Å²) < 4.78 is 48.1. The molecular weight excluding hydrogens is 464 g/mol. The van der Waals surface area contributed by atoms with Crippen molar-refractivity contribution in [2.45, 2.75) is 26.4 Å². The highest BCUT2D eigenvalue weighted by Crippen LogP contribution is 2.06. The van der Waals surface area contributed by atoms with Crippen LogP contribution in [0, 0.1) is 0 Å². The molecule has 0 aliphatic heterocycles. The van der Waals surface area contributed by atoms with E-state index in [1.54, 1.807) is 0 Å². The van der Waals surface area contributed by atoms with Gasteiger partial charge in [0.25, 0.3) is 0 Å². The molecule has 0 aliphatic rings. The van der Waals surface area contributed by atoms with Crippen molar-refractivity contribution >= 4 is 6.09 Å². The SMILES string of the molecule is CC(C)(C)OC(=O)NCCOCCOCCOCCOCCOCCOCCOCCOCCN. The predicted molar refractivity (Wildman–Crippen MR) is 130 cm³/mol. The van der Waals surface area contributed by atoms with Gasteiger partial charge < -0.3 is 53.7 Å². The van der Waals surface area contributed by atoms with Crippen LogP contribution in [0.25, 0.3) is 0 Å². The van der Waals surface area contributed by atoms with Crippen LogP contribution in [0.3, 0.4) is 0 Å². The van der Waals surface area contributed by atoms with Gasteiger partial charge in [0, 0.05) is 13.1 Å². The van der Waals surface area contributed by atoms with Crippen LogP contribution >= 0.6 is 0 Å². The van der Waals surface area contributed by atoms with Gasteiger partial charge in [0.15, 0.2) is 0 Å². The first-order chi connectivity index (χ1) is 17.0. The van der Waals surface area contributed by atoms with Gasteiger partial charge in [0.2, 0.25) is 0 Å². The Morgan fingerprint density at radius 1 is 0.543 bits per heavy atom. The molecule has 12 nitrogen and oxygen atoms in total. The van der Waals surface area contributed by atoms with E-state index in [1.165, 1.54) is 0 Å². The molecule has 0 heterocycles. The van der Waals surface area contributed by atoms with Gasteiger partial charge in [-0.2, -0.15) is 0 Å². The summed E-state index contributed by atoms with van der Waals surface area (Å²) in [6.45, 7) is 14.4. The molecule has 12 heteroatoms. The average molecular weight is 513 g/mol. The van der Waals surface area contributed by atoms with E-state index in [2.05, 4.69) is 5.32 Å². The molecule has 0 radical (unpaired) electrons. The van der Waals surface area contributed by atoms with E-state index in [0.717, 1.165) is 0 Å². The van der Waals surface area contributed by atoms with Gasteiger partial charge in [-0.15, -0.1) is 0 Å². The number of carbonyl (C=O) groups is 1. The minimum atomic E-state index is -0.505. The van der Waals surface area contributed by atoms with Gasteiger partial charge in [-0.05, 0) is 20.8 Å². The van der Waals surface area contributed by atoms with Gasteiger partial charge in [-0.3, -0.25) is 0 Å². The lowest BCUT2D eigenvalue weighted by Gasteiger charge is -2.19. The summed E-state index contributed by atoms with van der Waals surface area (Å²) in [6, 6.07) is 0. The van der Waals surface area contributed by atoms with E-state index >= 15 is 0 Å². The summed E-state index contributed by atoms with van der Waals surface area (Å²) >= 11 is 0. The minimum Gasteiger partial charge on any atom is -0.444 e. The minimum absolute atomic E-state index is 0.388. The van der Waals surface area contributed by atoms with Gasteiger partial charge in [-0.25, -0.2) is 4.79 Å². The van der Waals surface area contributed by atoms with Crippen molar-refractivity contribution in [1.29, 1.82) is 0 Å². The molecule has 0 aromatic heterocycles. The molecule has 0 unspecified atom stereocenters. The van der Waals surface area contributed by atoms with Crippen LogP contribution in [0.2, 0.25) is 0 Å². The van der Waals surface area contributed by atoms with Crippen LogP contribution in [0.15, 0.2) is 0 Å². The van der Waals surface area contributed by atoms with Crippen molar-refractivity contribution in [3.05, 3.63) is 0 Å². The summed E-state index contributed by atoms with van der Waals surface area (Å²) in [7, 11) is 0. The van der Waals surface area contributed by atoms with Crippen LogP contribution in [-0.2, 0) is 42.6 Å². The molecule has 0 rings (SSSR count). The molecule has 0 aromatic rings. The van der Waals surface area contributed by atoms with E-state index in [9.17, 15) is 4.79 Å². The maximum atomic E-state index is 11.4. The maximum Gasteiger partial charge on any atom is 0.407 e. The number of hydrogen-bond acceptors (Lipinski definition) is 11. The molecule has 0 bridgehead atoms. The molecule has 35 heavy (non-hydrogen) atoms. The Morgan fingerprint density at radius 2 is 0.829 bits per heavy atom. The predicted octanol–water partition coefficient (Wildman–Crippen LogP) is 0.603. The molecule has 0 aromatic carbocycles. The number of rotatable bonds is 26. The Morgan fingerprint density at radius 3 is 1.11 bits per heavy atom. The van der Waals surface area contributed by atoms with Gasteiger partial charge in [0.1, 0.15) is 5.60 Å². The molecule has 0 spiro atoms. The molecule has 0 fully saturated rings. The van der Waals surface area contributed by atoms with Crippen LogP contribution in [-0.4, -0.2) is 130 Å². The first-order valence-corrected chi connectivity index (χ1v) is 12.2. The number of hydrogen-bond donors (Lipinski definition) is 2. The second kappa shape index (κ2) is 26.0. The average Bonchev–Trinajstić information content (AvgIpc) is 2.80. The van der Waals surface area contributed by atoms with Crippen molar-refractivity contribution in [1.82, 2.24) is 5.32 Å². The third-order valence-corrected chi connectivity index (χ3v) is 3.78. The highest BCUT2D eigenvalue weighted by molar-refractivity contribution is 5.67. The van der Waals surface area contributed by atoms with Crippen molar-refractivity contribution in [3.63, 3.8) is 0 Å². The van der Waals surface area contributed by atoms with E-state index in [4.69, 9.17) is 48.4 Å². The quantitative estimate of drug-likeness (QED) is 0.158. The second-order valence-electron chi connectivity index (χ2n) is 8.12. The zero-order valence-corrected chi connectivity index (χ0v) is 21.9. The monoisotopic (exact) mass is 512 g/mol. The van der Waals surface area contributed by atoms with Crippen LogP contribution in [0.4, 0.5) is 4.79 Å². The summed E-state index contributed by atoms with van der Waals surface area (Å²) in [5.74, 6) is 0. The zero-order chi connectivity index (χ0) is 25.9. The van der Waals surface area contributed by atoms with Crippen molar-refractivity contribution in [3.8, 4) is 0 Å². The molecular formula is C23H48N2O10. The smallest absolute Gasteiger partial charge is 0.407 e. The fraction of sp³-hybridized carbons (Fsp3) is 0.957. The Bertz CT molecular complexity index is 453. The maximum absolute atomic E-state index is 11.4. The standard InChI is InChI=1S/C23H48N2O10/c1-23(2,3)35-22(26)25-5-7-28-9-11-30-13-15-32-17-19-34-21-20-33-18-16-31-14-12-29-10-8-27-6-4-24/h4-21,24H2,1-3H3,(H,25,26). The summed E-state index contributed by atoms with van der Waals surface area (Å²) in [6.07, 6.45) is -0.449. The number of alkyl carbamates (subject to hydrolysis) is 1. The van der Waals surface area contributed by atoms with Gasteiger partial charge in [-0.1, -0.05) is 0 Å². The van der Waals surface area contributed by atoms with E-state index in [1.807, 2.05) is 20.8 Å². The van der Waals surface area contributed by atoms with Crippen LogP contribution < -0.4 is 11.1 Å². The van der Waals surface area contributed by atoms with Gasteiger partial charge in [0.05, 0.1) is 106 Å². The van der Waals surface area contributed by atoms with Crippen molar-refractivity contribution < 1.29 is 47.4 Å². The van der Waals surface area contributed by atoms with E-state index in [-0.39, 0.29) is 0 Å². The largest absolute Gasteiger partial charge is 0.444 e. The van der Waals surface area contributed by atoms with Crippen molar-refractivity contribution in [2.24, 2.45) is 5.73 Å². The molecule has 210 valence electrons.